The highest BCUT2D eigenvalue weighted by atomic mass is 35.5. The molecule has 2 rings (SSSR count). The van der Waals surface area contributed by atoms with Crippen molar-refractivity contribution in [2.24, 2.45) is 0 Å². The van der Waals surface area contributed by atoms with Gasteiger partial charge in [0.05, 0.1) is 12.7 Å². The fourth-order valence-corrected chi connectivity index (χ4v) is 1.56. The molecular weight excluding hydrogens is 254 g/mol. The second-order valence-corrected chi connectivity index (χ2v) is 3.71. The van der Waals surface area contributed by atoms with Crippen LogP contribution in [-0.2, 0) is 0 Å². The Kier molecular flexibility index (Phi) is 3.74. The second kappa shape index (κ2) is 5.46. The van der Waals surface area contributed by atoms with Crippen LogP contribution in [0, 0.1) is 0 Å². The van der Waals surface area contributed by atoms with Gasteiger partial charge < -0.3 is 10.1 Å². The molecule has 0 bridgehead atoms. The molecule has 1 heterocycles. The number of halogens is 1. The van der Waals surface area contributed by atoms with Gasteiger partial charge in [0, 0.05) is 12.4 Å². The molecule has 0 aliphatic rings. The summed E-state index contributed by atoms with van der Waals surface area (Å²) in [6.45, 7) is 0. The lowest BCUT2D eigenvalue weighted by Crippen LogP contribution is -2.14. The summed E-state index contributed by atoms with van der Waals surface area (Å²) < 4.78 is 5.10. The molecule has 0 radical (unpaired) electrons. The molecule has 5 nitrogen and oxygen atoms in total. The van der Waals surface area contributed by atoms with Crippen LogP contribution in [0.3, 0.4) is 0 Å². The van der Waals surface area contributed by atoms with E-state index in [0.717, 1.165) is 0 Å². The van der Waals surface area contributed by atoms with Gasteiger partial charge in [-0.15, -0.1) is 0 Å². The van der Waals surface area contributed by atoms with Crippen molar-refractivity contribution in [3.8, 4) is 5.75 Å². The summed E-state index contributed by atoms with van der Waals surface area (Å²) >= 11 is 5.81. The molecule has 2 aromatic rings. The average Bonchev–Trinajstić information content (AvgIpc) is 2.41. The quantitative estimate of drug-likeness (QED) is 0.923. The molecule has 18 heavy (non-hydrogen) atoms. The normalized spacial score (nSPS) is 9.89. The highest BCUT2D eigenvalue weighted by Crippen LogP contribution is 2.20. The van der Waals surface area contributed by atoms with Gasteiger partial charge in [-0.3, -0.25) is 4.79 Å². The first kappa shape index (κ1) is 12.3. The van der Waals surface area contributed by atoms with E-state index in [4.69, 9.17) is 16.3 Å². The summed E-state index contributed by atoms with van der Waals surface area (Å²) in [5.41, 5.74) is 0.404. The van der Waals surface area contributed by atoms with Crippen LogP contribution in [0.1, 0.15) is 10.4 Å². The minimum absolute atomic E-state index is 0.140. The molecule has 0 spiro atoms. The monoisotopic (exact) mass is 263 g/mol. The number of carbonyl (C=O) groups excluding carboxylic acids is 1. The number of carbonyl (C=O) groups is 1. The van der Waals surface area contributed by atoms with Crippen molar-refractivity contribution in [2.45, 2.75) is 0 Å². The number of rotatable bonds is 3. The maximum Gasteiger partial charge on any atom is 0.260 e. The van der Waals surface area contributed by atoms with E-state index in [0.29, 0.717) is 11.3 Å². The van der Waals surface area contributed by atoms with Crippen LogP contribution < -0.4 is 10.1 Å². The van der Waals surface area contributed by atoms with E-state index in [2.05, 4.69) is 15.3 Å². The minimum atomic E-state index is -0.352. The molecule has 0 aliphatic carbocycles. The Morgan fingerprint density at radius 1 is 1.28 bits per heavy atom. The standard InChI is InChI=1S/C12H10ClN3O2/c1-18-9-5-3-2-4-8(9)12(17)16-11-10(13)14-6-7-15-11/h2-7H,1H3,(H,15,16,17). The number of nitrogens with zero attached hydrogens (tertiary/aromatic N) is 2. The van der Waals surface area contributed by atoms with Crippen LogP contribution in [0.4, 0.5) is 5.82 Å². The van der Waals surface area contributed by atoms with Crippen molar-refractivity contribution < 1.29 is 9.53 Å². The van der Waals surface area contributed by atoms with Crippen LogP contribution in [0.2, 0.25) is 5.15 Å². The lowest BCUT2D eigenvalue weighted by atomic mass is 10.2. The fourth-order valence-electron chi connectivity index (χ4n) is 1.41. The van der Waals surface area contributed by atoms with E-state index in [9.17, 15) is 4.79 Å². The number of hydrogen-bond donors (Lipinski definition) is 1. The molecule has 1 aromatic heterocycles. The summed E-state index contributed by atoms with van der Waals surface area (Å²) in [5.74, 6) is 0.347. The lowest BCUT2D eigenvalue weighted by molar-refractivity contribution is 0.102. The van der Waals surface area contributed by atoms with Crippen molar-refractivity contribution in [2.75, 3.05) is 12.4 Å². The van der Waals surface area contributed by atoms with Gasteiger partial charge in [-0.25, -0.2) is 9.97 Å². The first-order valence-corrected chi connectivity index (χ1v) is 5.51. The summed E-state index contributed by atoms with van der Waals surface area (Å²) in [6.07, 6.45) is 2.89. The van der Waals surface area contributed by atoms with Crippen LogP contribution >= 0.6 is 11.6 Å². The molecule has 0 fully saturated rings. The van der Waals surface area contributed by atoms with Crippen LogP contribution in [0.5, 0.6) is 5.75 Å². The Balaban J connectivity index is 2.25. The molecule has 1 N–H and O–H groups in total. The largest absolute Gasteiger partial charge is 0.496 e. The third-order valence-corrected chi connectivity index (χ3v) is 2.51. The lowest BCUT2D eigenvalue weighted by Gasteiger charge is -2.08. The number of ether oxygens (including phenoxy) is 1. The second-order valence-electron chi connectivity index (χ2n) is 3.35. The van der Waals surface area contributed by atoms with E-state index in [1.54, 1.807) is 24.3 Å². The first-order chi connectivity index (χ1) is 8.72. The van der Waals surface area contributed by atoms with E-state index < -0.39 is 0 Å². The molecule has 0 unspecified atom stereocenters. The first-order valence-electron chi connectivity index (χ1n) is 5.13. The van der Waals surface area contributed by atoms with Crippen molar-refractivity contribution in [1.29, 1.82) is 0 Å². The molecule has 92 valence electrons. The average molecular weight is 264 g/mol. The molecule has 0 saturated carbocycles. The maximum atomic E-state index is 12.0. The number of para-hydroxylation sites is 1. The molecule has 1 aromatic carbocycles. The zero-order chi connectivity index (χ0) is 13.0. The number of aromatic nitrogens is 2. The molecule has 0 atom stereocenters. The van der Waals surface area contributed by atoms with Gasteiger partial charge in [-0.2, -0.15) is 0 Å². The van der Waals surface area contributed by atoms with Crippen molar-refractivity contribution >= 4 is 23.3 Å². The van der Waals surface area contributed by atoms with Crippen molar-refractivity contribution in [1.82, 2.24) is 9.97 Å². The Morgan fingerprint density at radius 3 is 2.72 bits per heavy atom. The van der Waals surface area contributed by atoms with Crippen LogP contribution in [0.15, 0.2) is 36.7 Å². The van der Waals surface area contributed by atoms with Crippen LogP contribution in [-0.4, -0.2) is 23.0 Å². The summed E-state index contributed by atoms with van der Waals surface area (Å²) in [6, 6.07) is 6.88. The van der Waals surface area contributed by atoms with E-state index in [1.807, 2.05) is 0 Å². The Morgan fingerprint density at radius 2 is 2.00 bits per heavy atom. The maximum absolute atomic E-state index is 12.0. The molecule has 1 amide bonds. The summed E-state index contributed by atoms with van der Waals surface area (Å²) in [4.78, 5) is 19.8. The third kappa shape index (κ3) is 2.57. The Bertz CT molecular complexity index is 575. The van der Waals surface area contributed by atoms with Crippen molar-refractivity contribution in [3.05, 3.63) is 47.4 Å². The number of anilines is 1. The van der Waals surface area contributed by atoms with Gasteiger partial charge in [0.1, 0.15) is 5.75 Å². The number of methoxy groups -OCH3 is 1. The number of benzene rings is 1. The number of hydrogen-bond acceptors (Lipinski definition) is 4. The Labute approximate surface area is 109 Å². The molecular formula is C12H10ClN3O2. The third-order valence-electron chi connectivity index (χ3n) is 2.24. The minimum Gasteiger partial charge on any atom is -0.496 e. The van der Waals surface area contributed by atoms with Crippen LogP contribution in [0.25, 0.3) is 0 Å². The van der Waals surface area contributed by atoms with Crippen molar-refractivity contribution in [3.63, 3.8) is 0 Å². The summed E-state index contributed by atoms with van der Waals surface area (Å²) in [7, 11) is 1.50. The summed E-state index contributed by atoms with van der Waals surface area (Å²) in [5, 5.41) is 2.72. The number of nitrogens with one attached hydrogen (secondary N) is 1. The predicted octanol–water partition coefficient (Wildman–Crippen LogP) is 2.39. The van der Waals surface area contributed by atoms with Gasteiger partial charge in [-0.05, 0) is 12.1 Å². The van der Waals surface area contributed by atoms with E-state index in [1.165, 1.54) is 19.5 Å². The van der Waals surface area contributed by atoms with E-state index >= 15 is 0 Å². The topological polar surface area (TPSA) is 64.1 Å². The molecule has 0 saturated heterocycles. The van der Waals surface area contributed by atoms with Gasteiger partial charge in [0.25, 0.3) is 5.91 Å². The van der Waals surface area contributed by atoms with Gasteiger partial charge in [-0.1, -0.05) is 23.7 Å². The Hall–Kier alpha value is -2.14. The number of amides is 1. The van der Waals surface area contributed by atoms with E-state index in [-0.39, 0.29) is 16.9 Å². The highest BCUT2D eigenvalue weighted by molar-refractivity contribution is 6.32. The van der Waals surface area contributed by atoms with Gasteiger partial charge in [0.2, 0.25) is 0 Å². The van der Waals surface area contributed by atoms with Gasteiger partial charge >= 0.3 is 0 Å². The SMILES string of the molecule is COc1ccccc1C(=O)Nc1nccnc1Cl. The highest BCUT2D eigenvalue weighted by Gasteiger charge is 2.13. The van der Waals surface area contributed by atoms with Gasteiger partial charge in [0.15, 0.2) is 11.0 Å². The smallest absolute Gasteiger partial charge is 0.260 e. The zero-order valence-electron chi connectivity index (χ0n) is 9.55. The predicted molar refractivity (Wildman–Crippen MR) is 68.0 cm³/mol. The fraction of sp³-hybridized carbons (Fsp3) is 0.0833. The molecule has 6 heteroatoms. The zero-order valence-corrected chi connectivity index (χ0v) is 10.3. The molecule has 0 aliphatic heterocycles.